The van der Waals surface area contributed by atoms with Crippen LogP contribution in [0.5, 0.6) is 0 Å². The first-order valence-corrected chi connectivity index (χ1v) is 17.4. The van der Waals surface area contributed by atoms with Crippen molar-refractivity contribution in [3.8, 4) is 0 Å². The number of aliphatic hydroxyl groups excluding tert-OH is 1. The Bertz CT molecular complexity index is 1460. The summed E-state index contributed by atoms with van der Waals surface area (Å²) in [6.07, 6.45) is 4.95. The van der Waals surface area contributed by atoms with Crippen molar-refractivity contribution in [3.63, 3.8) is 0 Å². The molecule has 4 aliphatic heterocycles. The number of carbonyl (C=O) groups is 4. The summed E-state index contributed by atoms with van der Waals surface area (Å²) in [6, 6.07) is 7.22. The molecule has 4 heterocycles. The lowest BCUT2D eigenvalue weighted by Gasteiger charge is -2.45. The number of hydrogen-bond donors (Lipinski definition) is 2. The standard InChI is InChI=1S/C36H48BrN3O8/c1-34(2,3)21-35(4,5)40-16-12-8-11-15-25(42)38-24(20-46-6)28(22-13-9-7-10-14-22)47-33(45)26-27-31(43)39(17-18-41)30(32(40)44)36(27)19-23(37)29(26)48-36/h7-10,12-14,19,24,26-30,41H,11,15-18,20-21H2,1-6H3,(H,38,42)/b12-8-/t24-,26+,27-,28-,29+,30+,36-/m1/s1. The third-order valence-corrected chi connectivity index (χ3v) is 10.3. The molecule has 4 aliphatic rings. The van der Waals surface area contributed by atoms with E-state index in [0.29, 0.717) is 22.9 Å². The molecule has 11 nitrogen and oxygen atoms in total. The normalized spacial score (nSPS) is 32.2. The third-order valence-electron chi connectivity index (χ3n) is 9.65. The van der Waals surface area contributed by atoms with Crippen molar-refractivity contribution in [2.75, 3.05) is 33.4 Å². The Kier molecular flexibility index (Phi) is 10.6. The van der Waals surface area contributed by atoms with Gasteiger partial charge in [-0.3, -0.25) is 19.2 Å². The van der Waals surface area contributed by atoms with Crippen molar-refractivity contribution in [1.29, 1.82) is 0 Å². The van der Waals surface area contributed by atoms with Gasteiger partial charge < -0.3 is 34.4 Å². The molecule has 0 aliphatic carbocycles. The summed E-state index contributed by atoms with van der Waals surface area (Å²) < 4.78 is 18.9. The Morgan fingerprint density at radius 1 is 1.04 bits per heavy atom. The SMILES string of the molecule is COC[C@H]1NC(=O)CC/C=C\CN(C(C)(C)CC(C)(C)C)C(=O)[C@@H]2N(CCO)C(=O)[C@H]3[C@H](C(=O)O[C@@H]1c1ccccc1)[C@H]1O[C@@]23C=C1Br. The number of β-amino-alcohol motifs (C(OH)–C–C–N with tert-alkyl or cyclic N) is 1. The van der Waals surface area contributed by atoms with Gasteiger partial charge in [-0.2, -0.15) is 0 Å². The van der Waals surface area contributed by atoms with Gasteiger partial charge in [-0.15, -0.1) is 0 Å². The van der Waals surface area contributed by atoms with Crippen molar-refractivity contribution in [2.45, 2.75) is 89.3 Å². The van der Waals surface area contributed by atoms with Crippen LogP contribution in [0.1, 0.15) is 65.5 Å². The Morgan fingerprint density at radius 3 is 2.40 bits per heavy atom. The minimum absolute atomic E-state index is 0.0631. The van der Waals surface area contributed by atoms with Gasteiger partial charge in [0.2, 0.25) is 17.7 Å². The summed E-state index contributed by atoms with van der Waals surface area (Å²) in [4.78, 5) is 60.1. The van der Waals surface area contributed by atoms with Crippen molar-refractivity contribution in [2.24, 2.45) is 17.3 Å². The van der Waals surface area contributed by atoms with Crippen LogP contribution in [0.15, 0.2) is 53.0 Å². The molecule has 1 aromatic rings. The number of aliphatic hydroxyl groups is 1. The summed E-state index contributed by atoms with van der Waals surface area (Å²) in [5.74, 6) is -3.89. The molecule has 3 amide bonds. The number of nitrogens with zero attached hydrogens (tertiary/aromatic N) is 2. The maximum atomic E-state index is 15.0. The van der Waals surface area contributed by atoms with E-state index in [9.17, 15) is 24.3 Å². The van der Waals surface area contributed by atoms with E-state index in [1.54, 1.807) is 23.1 Å². The van der Waals surface area contributed by atoms with Crippen LogP contribution in [-0.4, -0.2) is 101 Å². The predicted molar refractivity (Wildman–Crippen MR) is 182 cm³/mol. The third kappa shape index (κ3) is 6.86. The quantitative estimate of drug-likeness (QED) is 0.321. The second kappa shape index (κ2) is 14.0. The Labute approximate surface area is 291 Å². The fourth-order valence-corrected chi connectivity index (χ4v) is 8.93. The molecule has 2 N–H and O–H groups in total. The number of hydrogen-bond acceptors (Lipinski definition) is 8. The van der Waals surface area contributed by atoms with Gasteiger partial charge in [0.25, 0.3) is 0 Å². The smallest absolute Gasteiger partial charge is 0.313 e. The molecular formula is C36H48BrN3O8. The van der Waals surface area contributed by atoms with E-state index < -0.39 is 59.1 Å². The van der Waals surface area contributed by atoms with Gasteiger partial charge in [-0.25, -0.2) is 0 Å². The average Bonchev–Trinajstić information content (AvgIpc) is 3.59. The summed E-state index contributed by atoms with van der Waals surface area (Å²) in [5, 5.41) is 13.1. The lowest BCUT2D eigenvalue weighted by atomic mass is 9.74. The maximum absolute atomic E-state index is 15.0. The zero-order valence-electron chi connectivity index (χ0n) is 28.6. The zero-order valence-corrected chi connectivity index (χ0v) is 30.2. The second-order valence-electron chi connectivity index (χ2n) is 15.0. The highest BCUT2D eigenvalue weighted by atomic mass is 79.9. The number of carbonyl (C=O) groups excluding carboxylic acids is 4. The minimum Gasteiger partial charge on any atom is -0.455 e. The molecule has 0 aromatic heterocycles. The number of likely N-dealkylation sites (tertiary alicyclic amines) is 1. The van der Waals surface area contributed by atoms with Gasteiger partial charge in [-0.05, 0) is 43.7 Å². The van der Waals surface area contributed by atoms with Crippen LogP contribution in [0.4, 0.5) is 0 Å². The highest BCUT2D eigenvalue weighted by Gasteiger charge is 2.75. The summed E-state index contributed by atoms with van der Waals surface area (Å²) in [7, 11) is 1.51. The summed E-state index contributed by atoms with van der Waals surface area (Å²) in [6.45, 7) is 10.1. The van der Waals surface area contributed by atoms with E-state index >= 15 is 0 Å². The maximum Gasteiger partial charge on any atom is 0.313 e. The monoisotopic (exact) mass is 729 g/mol. The van der Waals surface area contributed by atoms with E-state index in [1.165, 1.54) is 12.0 Å². The van der Waals surface area contributed by atoms with Gasteiger partial charge in [0, 0.05) is 36.6 Å². The number of esters is 1. The highest BCUT2D eigenvalue weighted by Crippen LogP contribution is 2.59. The molecular weight excluding hydrogens is 682 g/mol. The van der Waals surface area contributed by atoms with Crippen molar-refractivity contribution < 1.29 is 38.5 Å². The number of cyclic esters (lactones) is 1. The first-order valence-electron chi connectivity index (χ1n) is 16.6. The number of nitrogens with one attached hydrogen (secondary N) is 1. The Balaban J connectivity index is 1.64. The minimum atomic E-state index is -1.47. The van der Waals surface area contributed by atoms with E-state index in [0.717, 1.165) is 0 Å². The Morgan fingerprint density at radius 2 is 1.75 bits per heavy atom. The number of amides is 3. The summed E-state index contributed by atoms with van der Waals surface area (Å²) in [5.41, 5.74) is -1.62. The number of methoxy groups -OCH3 is 1. The van der Waals surface area contributed by atoms with Gasteiger partial charge in [0.15, 0.2) is 0 Å². The molecule has 1 spiro atoms. The molecule has 2 fully saturated rings. The molecule has 0 unspecified atom stereocenters. The van der Waals surface area contributed by atoms with E-state index in [1.807, 2.05) is 44.2 Å². The van der Waals surface area contributed by atoms with Crippen LogP contribution in [0, 0.1) is 17.3 Å². The molecule has 0 radical (unpaired) electrons. The van der Waals surface area contributed by atoms with Gasteiger partial charge >= 0.3 is 5.97 Å². The zero-order chi connectivity index (χ0) is 35.0. The second-order valence-corrected chi connectivity index (χ2v) is 15.9. The molecule has 2 saturated heterocycles. The van der Waals surface area contributed by atoms with E-state index in [-0.39, 0.29) is 50.0 Å². The van der Waals surface area contributed by atoms with Crippen LogP contribution in [-0.2, 0) is 33.4 Å². The predicted octanol–water partition coefficient (Wildman–Crippen LogP) is 3.66. The van der Waals surface area contributed by atoms with Crippen LogP contribution < -0.4 is 5.32 Å². The van der Waals surface area contributed by atoms with Crippen LogP contribution >= 0.6 is 15.9 Å². The van der Waals surface area contributed by atoms with Crippen molar-refractivity contribution >= 4 is 39.6 Å². The molecule has 12 heteroatoms. The first-order chi connectivity index (χ1) is 22.6. The molecule has 1 aromatic carbocycles. The molecule has 0 saturated carbocycles. The number of ether oxygens (including phenoxy) is 3. The molecule has 262 valence electrons. The fraction of sp³-hybridized carbons (Fsp3) is 0.611. The van der Waals surface area contributed by atoms with E-state index in [2.05, 4.69) is 42.0 Å². The van der Waals surface area contributed by atoms with Crippen molar-refractivity contribution in [1.82, 2.24) is 15.1 Å². The largest absolute Gasteiger partial charge is 0.455 e. The van der Waals surface area contributed by atoms with Crippen LogP contribution in [0.3, 0.4) is 0 Å². The topological polar surface area (TPSA) is 135 Å². The number of halogens is 1. The number of allylic oxidation sites excluding steroid dienone is 1. The van der Waals surface area contributed by atoms with Crippen LogP contribution in [0.25, 0.3) is 0 Å². The molecule has 48 heavy (non-hydrogen) atoms. The highest BCUT2D eigenvalue weighted by molar-refractivity contribution is 9.11. The summed E-state index contributed by atoms with van der Waals surface area (Å²) >= 11 is 3.59. The van der Waals surface area contributed by atoms with Crippen LogP contribution in [0.2, 0.25) is 0 Å². The van der Waals surface area contributed by atoms with Gasteiger partial charge in [0.05, 0.1) is 25.2 Å². The fourth-order valence-electron chi connectivity index (χ4n) is 8.19. The lowest BCUT2D eigenvalue weighted by molar-refractivity contribution is -0.162. The van der Waals surface area contributed by atoms with Crippen molar-refractivity contribution in [3.05, 3.63) is 58.6 Å². The van der Waals surface area contributed by atoms with E-state index in [4.69, 9.17) is 14.2 Å². The molecule has 5 rings (SSSR count). The lowest BCUT2D eigenvalue weighted by Crippen LogP contribution is -2.61. The Hall–Kier alpha value is -3.06. The van der Waals surface area contributed by atoms with Gasteiger partial charge in [-0.1, -0.05) is 79.2 Å². The number of benzene rings is 1. The number of rotatable bonds is 7. The average molecular weight is 731 g/mol. The molecule has 5 bridgehead atoms. The first kappa shape index (κ1) is 36.2. The van der Waals surface area contributed by atoms with Gasteiger partial charge in [0.1, 0.15) is 29.8 Å². The number of fused-ring (bicyclic) bond motifs is 2. The molecule has 7 atom stereocenters.